The second kappa shape index (κ2) is 9.66. The Hall–Kier alpha value is -2.45. The molecule has 0 radical (unpaired) electrons. The minimum absolute atomic E-state index is 0.00952. The van der Waals surface area contributed by atoms with Crippen LogP contribution in [0.2, 0.25) is 0 Å². The standard InChI is InChI=1S/C26H36N2O6/c1-4-33-24(32)20-19-23(31)28(13-9-6-10-14-29)21(26(19)15-17(2)25(20,3)34-26)22(30)27-16-18-11-7-5-8-12-18/h5,7-8,11-12,17,19-21,29H,4,6,9-10,13-16H2,1-3H3,(H,27,30)/t17?,19-,20+,21?,25-,26?/m0/s1. The summed E-state index contributed by atoms with van der Waals surface area (Å²) in [6.07, 6.45) is 2.58. The number of rotatable bonds is 10. The van der Waals surface area contributed by atoms with Crippen LogP contribution in [0.5, 0.6) is 0 Å². The Bertz CT molecular complexity index is 923. The summed E-state index contributed by atoms with van der Waals surface area (Å²) in [6.45, 7) is 6.68. The van der Waals surface area contributed by atoms with Crippen molar-refractivity contribution in [3.05, 3.63) is 35.9 Å². The van der Waals surface area contributed by atoms with E-state index in [4.69, 9.17) is 14.6 Å². The molecule has 4 rings (SSSR count). The zero-order valence-electron chi connectivity index (χ0n) is 20.3. The number of carbonyl (C=O) groups excluding carboxylic acids is 3. The Morgan fingerprint density at radius 1 is 1.24 bits per heavy atom. The number of likely N-dealkylation sites (tertiary alicyclic amines) is 1. The molecule has 8 nitrogen and oxygen atoms in total. The summed E-state index contributed by atoms with van der Waals surface area (Å²) in [4.78, 5) is 42.1. The number of aliphatic hydroxyl groups excluding tert-OH is 1. The van der Waals surface area contributed by atoms with Crippen LogP contribution in [-0.2, 0) is 30.4 Å². The minimum Gasteiger partial charge on any atom is -0.466 e. The number of amides is 2. The topological polar surface area (TPSA) is 105 Å². The predicted octanol–water partition coefficient (Wildman–Crippen LogP) is 2.04. The van der Waals surface area contributed by atoms with E-state index in [1.165, 1.54) is 0 Å². The van der Waals surface area contributed by atoms with Crippen molar-refractivity contribution in [3.8, 4) is 0 Å². The van der Waals surface area contributed by atoms with Gasteiger partial charge in [-0.05, 0) is 51.0 Å². The number of esters is 1. The lowest BCUT2D eigenvalue weighted by molar-refractivity contribution is -0.161. The quantitative estimate of drug-likeness (QED) is 0.399. The molecule has 2 N–H and O–H groups in total. The van der Waals surface area contributed by atoms with E-state index in [-0.39, 0.29) is 30.9 Å². The van der Waals surface area contributed by atoms with Gasteiger partial charge in [-0.1, -0.05) is 37.3 Å². The molecule has 1 aromatic rings. The number of aliphatic hydroxyl groups is 1. The Labute approximate surface area is 201 Å². The Morgan fingerprint density at radius 2 is 1.97 bits per heavy atom. The molecule has 3 heterocycles. The van der Waals surface area contributed by atoms with Crippen molar-refractivity contribution in [1.82, 2.24) is 10.2 Å². The van der Waals surface area contributed by atoms with Crippen molar-refractivity contribution in [1.29, 1.82) is 0 Å². The molecule has 6 atom stereocenters. The molecule has 34 heavy (non-hydrogen) atoms. The zero-order valence-corrected chi connectivity index (χ0v) is 20.3. The monoisotopic (exact) mass is 472 g/mol. The molecule has 0 saturated carbocycles. The van der Waals surface area contributed by atoms with Crippen molar-refractivity contribution >= 4 is 17.8 Å². The number of nitrogens with zero attached hydrogens (tertiary/aromatic N) is 1. The molecule has 3 saturated heterocycles. The van der Waals surface area contributed by atoms with Crippen molar-refractivity contribution in [2.24, 2.45) is 17.8 Å². The van der Waals surface area contributed by atoms with Crippen LogP contribution in [0, 0.1) is 17.8 Å². The summed E-state index contributed by atoms with van der Waals surface area (Å²) >= 11 is 0. The van der Waals surface area contributed by atoms with Gasteiger partial charge in [0.05, 0.1) is 18.1 Å². The van der Waals surface area contributed by atoms with Crippen molar-refractivity contribution in [2.75, 3.05) is 19.8 Å². The highest BCUT2D eigenvalue weighted by molar-refractivity contribution is 5.98. The molecule has 0 aliphatic carbocycles. The van der Waals surface area contributed by atoms with Crippen molar-refractivity contribution in [3.63, 3.8) is 0 Å². The van der Waals surface area contributed by atoms with Crippen molar-refractivity contribution in [2.45, 2.75) is 70.2 Å². The first-order valence-electron chi connectivity index (χ1n) is 12.4. The van der Waals surface area contributed by atoms with E-state index >= 15 is 0 Å². The number of hydrogen-bond acceptors (Lipinski definition) is 6. The summed E-state index contributed by atoms with van der Waals surface area (Å²) in [6, 6.07) is 8.80. The average molecular weight is 473 g/mol. The fourth-order valence-corrected chi connectivity index (χ4v) is 6.32. The third kappa shape index (κ3) is 3.90. The maximum atomic E-state index is 13.8. The third-order valence-corrected chi connectivity index (χ3v) is 7.97. The molecule has 8 heteroatoms. The van der Waals surface area contributed by atoms with Gasteiger partial charge in [0, 0.05) is 19.7 Å². The number of nitrogens with one attached hydrogen (secondary N) is 1. The van der Waals surface area contributed by atoms with E-state index in [0.717, 1.165) is 12.0 Å². The summed E-state index contributed by atoms with van der Waals surface area (Å²) in [5.41, 5.74) is -0.946. The van der Waals surface area contributed by atoms with Crippen LogP contribution in [-0.4, -0.2) is 64.8 Å². The molecule has 1 spiro atoms. The van der Waals surface area contributed by atoms with E-state index in [1.54, 1.807) is 11.8 Å². The van der Waals surface area contributed by atoms with E-state index in [0.29, 0.717) is 32.4 Å². The largest absolute Gasteiger partial charge is 0.466 e. The lowest BCUT2D eigenvalue weighted by Gasteiger charge is -2.35. The summed E-state index contributed by atoms with van der Waals surface area (Å²) < 4.78 is 12.0. The highest BCUT2D eigenvalue weighted by atomic mass is 16.6. The Morgan fingerprint density at radius 3 is 2.65 bits per heavy atom. The third-order valence-electron chi connectivity index (χ3n) is 7.97. The number of carbonyl (C=O) groups is 3. The highest BCUT2D eigenvalue weighted by Crippen LogP contribution is 2.65. The van der Waals surface area contributed by atoms with Crippen LogP contribution >= 0.6 is 0 Å². The molecule has 0 aromatic heterocycles. The number of ether oxygens (including phenoxy) is 2. The first-order valence-corrected chi connectivity index (χ1v) is 12.4. The van der Waals surface area contributed by atoms with E-state index in [1.807, 2.05) is 44.2 Å². The van der Waals surface area contributed by atoms with Crippen LogP contribution in [0.3, 0.4) is 0 Å². The van der Waals surface area contributed by atoms with Gasteiger partial charge in [0.25, 0.3) is 0 Å². The maximum Gasteiger partial charge on any atom is 0.312 e. The van der Waals surface area contributed by atoms with Gasteiger partial charge in [-0.25, -0.2) is 0 Å². The van der Waals surface area contributed by atoms with Crippen LogP contribution in [0.4, 0.5) is 0 Å². The first kappa shape index (κ1) is 24.7. The smallest absolute Gasteiger partial charge is 0.312 e. The fraction of sp³-hybridized carbons (Fsp3) is 0.654. The van der Waals surface area contributed by atoms with Gasteiger partial charge in [0.1, 0.15) is 17.6 Å². The second-order valence-corrected chi connectivity index (χ2v) is 9.98. The molecular weight excluding hydrogens is 436 g/mol. The van der Waals surface area contributed by atoms with Crippen molar-refractivity contribution < 1.29 is 29.0 Å². The number of benzene rings is 1. The number of unbranched alkanes of at least 4 members (excludes halogenated alkanes) is 2. The van der Waals surface area contributed by atoms with Gasteiger partial charge in [-0.2, -0.15) is 0 Å². The Balaban J connectivity index is 1.65. The van der Waals surface area contributed by atoms with Crippen LogP contribution in [0.1, 0.15) is 52.0 Å². The number of hydrogen-bond donors (Lipinski definition) is 2. The van der Waals surface area contributed by atoms with Gasteiger partial charge in [-0.3, -0.25) is 14.4 Å². The highest BCUT2D eigenvalue weighted by Gasteiger charge is 2.80. The molecule has 3 aliphatic heterocycles. The molecule has 2 amide bonds. The van der Waals surface area contributed by atoms with Crippen LogP contribution < -0.4 is 5.32 Å². The molecule has 1 aromatic carbocycles. The van der Waals surface area contributed by atoms with Gasteiger partial charge >= 0.3 is 5.97 Å². The van der Waals surface area contributed by atoms with Gasteiger partial charge in [-0.15, -0.1) is 0 Å². The average Bonchev–Trinajstić information content (AvgIpc) is 3.33. The molecule has 186 valence electrons. The van der Waals surface area contributed by atoms with Gasteiger partial charge in [0.2, 0.25) is 11.8 Å². The maximum absolute atomic E-state index is 13.8. The van der Waals surface area contributed by atoms with Gasteiger partial charge < -0.3 is 24.8 Å². The molecule has 3 unspecified atom stereocenters. The normalized spacial score (nSPS) is 33.8. The van der Waals surface area contributed by atoms with Gasteiger partial charge in [0.15, 0.2) is 0 Å². The zero-order chi connectivity index (χ0) is 24.5. The predicted molar refractivity (Wildman–Crippen MR) is 124 cm³/mol. The lowest BCUT2D eigenvalue weighted by Crippen LogP contribution is -2.55. The minimum atomic E-state index is -1.06. The SMILES string of the molecule is CCOC(=O)[C@H]1[C@H]2C(=O)N(CCCCCO)C(C(=O)NCc3ccccc3)C23CC(C)[C@]1(C)O3. The van der Waals surface area contributed by atoms with Crippen LogP contribution in [0.15, 0.2) is 30.3 Å². The number of fused-ring (bicyclic) bond motifs is 1. The fourth-order valence-electron chi connectivity index (χ4n) is 6.32. The Kier molecular flexibility index (Phi) is 7.01. The van der Waals surface area contributed by atoms with E-state index < -0.39 is 35.0 Å². The molecule has 2 bridgehead atoms. The molecule has 3 aliphatic rings. The summed E-state index contributed by atoms with van der Waals surface area (Å²) in [5, 5.41) is 12.1. The summed E-state index contributed by atoms with van der Waals surface area (Å²) in [5.74, 6) is -2.39. The summed E-state index contributed by atoms with van der Waals surface area (Å²) in [7, 11) is 0. The van der Waals surface area contributed by atoms with E-state index in [2.05, 4.69) is 5.32 Å². The second-order valence-electron chi connectivity index (χ2n) is 9.98. The lowest BCUT2D eigenvalue weighted by atomic mass is 9.62. The first-order chi connectivity index (χ1) is 16.3. The van der Waals surface area contributed by atoms with Crippen LogP contribution in [0.25, 0.3) is 0 Å². The molecule has 3 fully saturated rings. The van der Waals surface area contributed by atoms with E-state index in [9.17, 15) is 14.4 Å². The molecular formula is C26H36N2O6.